The fourth-order valence-corrected chi connectivity index (χ4v) is 6.92. The molecule has 0 aliphatic rings. The molecule has 10 heteroatoms. The first-order valence-electron chi connectivity index (χ1n) is 7.21. The summed E-state index contributed by atoms with van der Waals surface area (Å²) >= 11 is 4.48. The average molecular weight is 447 g/mol. The predicted octanol–water partition coefficient (Wildman–Crippen LogP) is 1.83. The maximum absolute atomic E-state index is 12.2. The number of halogens is 1. The molecule has 1 heterocycles. The van der Waals surface area contributed by atoms with Crippen molar-refractivity contribution in [2.24, 2.45) is 5.41 Å². The lowest BCUT2D eigenvalue weighted by Gasteiger charge is -2.34. The van der Waals surface area contributed by atoms with E-state index >= 15 is 0 Å². The molecule has 0 radical (unpaired) electrons. The molecule has 1 rings (SSSR count). The fraction of sp³-hybridized carbons (Fsp3) is 0.667. The Morgan fingerprint density at radius 3 is 2.36 bits per heavy atom. The quantitative estimate of drug-likeness (QED) is 0.440. The van der Waals surface area contributed by atoms with E-state index < -0.39 is 29.5 Å². The molecule has 0 aromatic carbocycles. The van der Waals surface area contributed by atoms with Crippen LogP contribution in [-0.4, -0.2) is 40.8 Å². The largest absolute Gasteiger partial charge is 0.400 e. The van der Waals surface area contributed by atoms with Crippen LogP contribution < -0.4 is 4.72 Å². The Hall–Kier alpha value is 0.444. The third-order valence-electron chi connectivity index (χ3n) is 3.15. The first-order valence-corrected chi connectivity index (χ1v) is 14.3. The molecule has 0 aliphatic heterocycles. The highest BCUT2D eigenvalue weighted by atomic mass is 79.9. The smallest absolute Gasteiger partial charge is 0.250 e. The van der Waals surface area contributed by atoms with Gasteiger partial charge in [-0.3, -0.25) is 0 Å². The molecule has 0 spiro atoms. The van der Waals surface area contributed by atoms with Crippen molar-refractivity contribution < 1.29 is 17.3 Å². The summed E-state index contributed by atoms with van der Waals surface area (Å²) < 4.78 is 39.7. The van der Waals surface area contributed by atoms with Gasteiger partial charge in [-0.15, -0.1) is 11.3 Å². The number of rotatable bonds is 10. The molecule has 128 valence electrons. The lowest BCUT2D eigenvalue weighted by Crippen LogP contribution is -2.39. The first-order chi connectivity index (χ1) is 10.2. The standard InChI is InChI=1S/C12H24BrNO4S2Si2/c1-12(2,11(17-21-3)18-22-4)7-8-14-20(15,16)10-6-5-9(13)19-10/h5-6,11,14H,7-8,21-22H2,1-4H3. The van der Waals surface area contributed by atoms with Gasteiger partial charge in [0.15, 0.2) is 19.5 Å². The second-order valence-electron chi connectivity index (χ2n) is 5.44. The highest BCUT2D eigenvalue weighted by molar-refractivity contribution is 9.11. The second-order valence-corrected chi connectivity index (χ2v) is 11.7. The van der Waals surface area contributed by atoms with E-state index in [1.54, 1.807) is 12.1 Å². The first kappa shape index (κ1) is 20.5. The minimum atomic E-state index is -3.44. The minimum Gasteiger partial charge on any atom is -0.400 e. The lowest BCUT2D eigenvalue weighted by molar-refractivity contribution is -0.0811. The molecule has 0 saturated heterocycles. The monoisotopic (exact) mass is 445 g/mol. The van der Waals surface area contributed by atoms with Gasteiger partial charge in [0, 0.05) is 12.0 Å². The van der Waals surface area contributed by atoms with Gasteiger partial charge in [-0.2, -0.15) is 0 Å². The van der Waals surface area contributed by atoms with E-state index in [0.29, 0.717) is 17.2 Å². The summed E-state index contributed by atoms with van der Waals surface area (Å²) in [6.45, 7) is 8.62. The molecule has 5 nitrogen and oxygen atoms in total. The summed E-state index contributed by atoms with van der Waals surface area (Å²) in [7, 11) is -4.57. The fourth-order valence-electron chi connectivity index (χ4n) is 1.94. The molecular weight excluding hydrogens is 422 g/mol. The Balaban J connectivity index is 2.60. The second kappa shape index (κ2) is 9.06. The van der Waals surface area contributed by atoms with Gasteiger partial charge >= 0.3 is 0 Å². The van der Waals surface area contributed by atoms with Gasteiger partial charge in [-0.1, -0.05) is 26.9 Å². The third kappa shape index (κ3) is 6.15. The van der Waals surface area contributed by atoms with E-state index in [-0.39, 0.29) is 11.7 Å². The van der Waals surface area contributed by atoms with Crippen LogP contribution in [-0.2, 0) is 18.9 Å². The molecule has 0 atom stereocenters. The molecule has 0 amide bonds. The van der Waals surface area contributed by atoms with E-state index in [1.165, 1.54) is 11.3 Å². The maximum Gasteiger partial charge on any atom is 0.250 e. The zero-order chi connectivity index (χ0) is 16.8. The highest BCUT2D eigenvalue weighted by Gasteiger charge is 2.30. The van der Waals surface area contributed by atoms with Crippen molar-refractivity contribution in [3.05, 3.63) is 15.9 Å². The van der Waals surface area contributed by atoms with Crippen LogP contribution in [0.25, 0.3) is 0 Å². The lowest BCUT2D eigenvalue weighted by atomic mass is 9.89. The molecule has 1 aromatic rings. The molecule has 0 aliphatic carbocycles. The van der Waals surface area contributed by atoms with Crippen LogP contribution in [0.3, 0.4) is 0 Å². The van der Waals surface area contributed by atoms with Gasteiger partial charge in [0.05, 0.1) is 3.79 Å². The molecular formula is C12H24BrNO4S2Si2. The van der Waals surface area contributed by atoms with Crippen molar-refractivity contribution in [1.29, 1.82) is 0 Å². The minimum absolute atomic E-state index is 0.218. The van der Waals surface area contributed by atoms with Crippen LogP contribution in [0.4, 0.5) is 0 Å². The van der Waals surface area contributed by atoms with Crippen molar-refractivity contribution in [3.8, 4) is 0 Å². The van der Waals surface area contributed by atoms with Gasteiger partial charge in [0.25, 0.3) is 0 Å². The maximum atomic E-state index is 12.2. The number of sulfonamides is 1. The Labute approximate surface area is 150 Å². The Kier molecular flexibility index (Phi) is 8.44. The van der Waals surface area contributed by atoms with E-state index in [0.717, 1.165) is 3.79 Å². The van der Waals surface area contributed by atoms with Crippen LogP contribution >= 0.6 is 27.3 Å². The Bertz CT molecular complexity index is 559. The summed E-state index contributed by atoms with van der Waals surface area (Å²) in [4.78, 5) is 0. The molecule has 0 bridgehead atoms. The molecule has 0 unspecified atom stereocenters. The van der Waals surface area contributed by atoms with Crippen LogP contribution in [0.2, 0.25) is 13.1 Å². The average Bonchev–Trinajstić information content (AvgIpc) is 2.85. The van der Waals surface area contributed by atoms with Crippen molar-refractivity contribution in [2.75, 3.05) is 6.54 Å². The Morgan fingerprint density at radius 1 is 1.32 bits per heavy atom. The zero-order valence-corrected chi connectivity index (χ0v) is 19.4. The number of hydrogen-bond donors (Lipinski definition) is 1. The van der Waals surface area contributed by atoms with Gasteiger partial charge in [0.1, 0.15) is 10.5 Å². The molecule has 0 saturated carbocycles. The summed E-state index contributed by atoms with van der Waals surface area (Å²) in [5.41, 5.74) is -0.218. The van der Waals surface area contributed by atoms with Crippen LogP contribution in [0.15, 0.2) is 20.1 Å². The van der Waals surface area contributed by atoms with E-state index in [9.17, 15) is 8.42 Å². The van der Waals surface area contributed by atoms with Crippen LogP contribution in [0, 0.1) is 5.41 Å². The number of hydrogen-bond acceptors (Lipinski definition) is 5. The summed E-state index contributed by atoms with van der Waals surface area (Å²) in [5, 5.41) is 0. The summed E-state index contributed by atoms with van der Waals surface area (Å²) in [6, 6.07) is 3.33. The van der Waals surface area contributed by atoms with Gasteiger partial charge in [-0.05, 0) is 34.5 Å². The van der Waals surface area contributed by atoms with E-state index in [2.05, 4.69) is 47.6 Å². The molecule has 0 fully saturated rings. The van der Waals surface area contributed by atoms with Gasteiger partial charge in [-0.25, -0.2) is 13.1 Å². The van der Waals surface area contributed by atoms with Crippen LogP contribution in [0.5, 0.6) is 0 Å². The normalized spacial score (nSPS) is 15.3. The van der Waals surface area contributed by atoms with Crippen molar-refractivity contribution in [1.82, 2.24) is 4.72 Å². The topological polar surface area (TPSA) is 64.6 Å². The van der Waals surface area contributed by atoms with Gasteiger partial charge in [0.2, 0.25) is 10.0 Å². The number of thiophene rings is 1. The van der Waals surface area contributed by atoms with Crippen molar-refractivity contribution in [2.45, 2.75) is 43.9 Å². The third-order valence-corrected chi connectivity index (χ3v) is 8.00. The van der Waals surface area contributed by atoms with Crippen molar-refractivity contribution in [3.63, 3.8) is 0 Å². The summed E-state index contributed by atoms with van der Waals surface area (Å²) in [6.07, 6.45) is 0.438. The zero-order valence-electron chi connectivity index (χ0n) is 13.4. The highest BCUT2D eigenvalue weighted by Crippen LogP contribution is 2.29. The summed E-state index contributed by atoms with van der Waals surface area (Å²) in [5.74, 6) is 0. The Morgan fingerprint density at radius 2 is 1.91 bits per heavy atom. The predicted molar refractivity (Wildman–Crippen MR) is 100 cm³/mol. The SMILES string of the molecule is C[SiH2]OC(O[SiH2]C)C(C)(C)CCNS(=O)(=O)c1ccc(Br)s1. The van der Waals surface area contributed by atoms with Crippen LogP contribution in [0.1, 0.15) is 20.3 Å². The molecule has 1 N–H and O–H groups in total. The number of nitrogens with one attached hydrogen (secondary N) is 1. The van der Waals surface area contributed by atoms with Gasteiger partial charge < -0.3 is 8.85 Å². The van der Waals surface area contributed by atoms with E-state index in [4.69, 9.17) is 8.85 Å². The van der Waals surface area contributed by atoms with Crippen molar-refractivity contribution >= 4 is 56.8 Å². The molecule has 1 aromatic heterocycles. The molecule has 22 heavy (non-hydrogen) atoms. The van der Waals surface area contributed by atoms with E-state index in [1.807, 2.05) is 0 Å².